The minimum absolute atomic E-state index is 0.0423. The molecule has 3 aromatic rings. The van der Waals surface area contributed by atoms with Gasteiger partial charge in [0.1, 0.15) is 5.82 Å². The van der Waals surface area contributed by atoms with E-state index in [0.717, 1.165) is 11.3 Å². The summed E-state index contributed by atoms with van der Waals surface area (Å²) in [6.45, 7) is -0.896. The van der Waals surface area contributed by atoms with Crippen LogP contribution in [0, 0.1) is 6.92 Å². The van der Waals surface area contributed by atoms with E-state index < -0.39 is 12.5 Å². The zero-order valence-electron chi connectivity index (χ0n) is 16.2. The molecule has 10 heteroatoms. The summed E-state index contributed by atoms with van der Waals surface area (Å²) in [5.41, 5.74) is 1.52. The maximum Gasteiger partial charge on any atom is 0.387 e. The van der Waals surface area contributed by atoms with Crippen molar-refractivity contribution < 1.29 is 23.0 Å². The van der Waals surface area contributed by atoms with Gasteiger partial charge in [0.25, 0.3) is 5.91 Å². The van der Waals surface area contributed by atoms with E-state index in [1.165, 1.54) is 13.2 Å². The molecule has 0 spiro atoms. The van der Waals surface area contributed by atoms with Gasteiger partial charge in [-0.25, -0.2) is 9.67 Å². The molecule has 1 aromatic heterocycles. The summed E-state index contributed by atoms with van der Waals surface area (Å²) in [4.78, 5) is 16.6. The van der Waals surface area contributed by atoms with Crippen molar-refractivity contribution in [1.29, 1.82) is 0 Å². The molecular weight excluding hydrogens is 418 g/mol. The number of nitrogens with one attached hydrogen (secondary N) is 1. The molecule has 0 aliphatic carbocycles. The Balaban J connectivity index is 1.61. The number of methoxy groups -OCH3 is 1. The topological polar surface area (TPSA) is 78.3 Å². The van der Waals surface area contributed by atoms with Crippen LogP contribution < -0.4 is 14.8 Å². The Kier molecular flexibility index (Phi) is 6.83. The van der Waals surface area contributed by atoms with Crippen molar-refractivity contribution in [3.8, 4) is 17.2 Å². The molecule has 30 heavy (non-hydrogen) atoms. The van der Waals surface area contributed by atoms with Crippen molar-refractivity contribution in [1.82, 2.24) is 20.1 Å². The summed E-state index contributed by atoms with van der Waals surface area (Å²) in [6.07, 6.45) is 0.452. The number of rotatable bonds is 8. The molecule has 0 unspecified atom stereocenters. The predicted molar refractivity (Wildman–Crippen MR) is 107 cm³/mol. The van der Waals surface area contributed by atoms with Gasteiger partial charge in [0.05, 0.1) is 12.8 Å². The number of hydrogen-bond donors (Lipinski definition) is 1. The van der Waals surface area contributed by atoms with Crippen LogP contribution in [-0.2, 0) is 6.42 Å². The smallest absolute Gasteiger partial charge is 0.387 e. The first kappa shape index (κ1) is 21.5. The van der Waals surface area contributed by atoms with Crippen molar-refractivity contribution in [2.75, 3.05) is 13.7 Å². The zero-order valence-corrected chi connectivity index (χ0v) is 17.0. The number of alkyl halides is 2. The molecule has 0 saturated carbocycles. The van der Waals surface area contributed by atoms with E-state index in [1.807, 2.05) is 0 Å². The largest absolute Gasteiger partial charge is 0.493 e. The first-order chi connectivity index (χ1) is 14.4. The van der Waals surface area contributed by atoms with Gasteiger partial charge in [-0.3, -0.25) is 4.79 Å². The van der Waals surface area contributed by atoms with E-state index in [0.29, 0.717) is 23.8 Å². The lowest BCUT2D eigenvalue weighted by Crippen LogP contribution is -2.27. The number of nitrogens with zero attached hydrogens (tertiary/aromatic N) is 3. The molecule has 0 saturated heterocycles. The van der Waals surface area contributed by atoms with Gasteiger partial charge in [-0.1, -0.05) is 17.7 Å². The van der Waals surface area contributed by atoms with Crippen molar-refractivity contribution in [3.05, 3.63) is 64.7 Å². The zero-order chi connectivity index (χ0) is 21.7. The van der Waals surface area contributed by atoms with Crippen molar-refractivity contribution >= 4 is 17.5 Å². The molecule has 0 fully saturated rings. The van der Waals surface area contributed by atoms with E-state index in [1.54, 1.807) is 48.0 Å². The van der Waals surface area contributed by atoms with E-state index in [2.05, 4.69) is 20.1 Å². The van der Waals surface area contributed by atoms with Crippen molar-refractivity contribution in [2.45, 2.75) is 20.0 Å². The van der Waals surface area contributed by atoms with Crippen molar-refractivity contribution in [2.24, 2.45) is 0 Å². The highest BCUT2D eigenvalue weighted by Crippen LogP contribution is 2.29. The van der Waals surface area contributed by atoms with Crippen molar-refractivity contribution in [3.63, 3.8) is 0 Å². The summed E-state index contributed by atoms with van der Waals surface area (Å²) >= 11 is 5.89. The number of amides is 1. The van der Waals surface area contributed by atoms with E-state index in [-0.39, 0.29) is 17.3 Å². The average Bonchev–Trinajstić information content (AvgIpc) is 3.11. The second-order valence-electron chi connectivity index (χ2n) is 6.24. The van der Waals surface area contributed by atoms with Gasteiger partial charge in [0, 0.05) is 11.6 Å². The fraction of sp³-hybridized carbons (Fsp3) is 0.250. The average molecular weight is 437 g/mol. The second kappa shape index (κ2) is 9.53. The molecule has 3 rings (SSSR count). The molecule has 7 nitrogen and oxygen atoms in total. The molecule has 0 atom stereocenters. The van der Waals surface area contributed by atoms with Gasteiger partial charge < -0.3 is 14.8 Å². The fourth-order valence-electron chi connectivity index (χ4n) is 2.77. The number of aryl methyl sites for hydroxylation is 1. The van der Waals surface area contributed by atoms with Crippen LogP contribution in [0.3, 0.4) is 0 Å². The fourth-order valence-corrected chi connectivity index (χ4v) is 2.90. The Morgan fingerprint density at radius 2 is 1.93 bits per heavy atom. The number of ether oxygens (including phenoxy) is 2. The van der Waals surface area contributed by atoms with Gasteiger partial charge in [0.2, 0.25) is 5.82 Å². The summed E-state index contributed by atoms with van der Waals surface area (Å²) in [5.74, 6) is 0.323. The molecule has 158 valence electrons. The second-order valence-corrected chi connectivity index (χ2v) is 6.68. The van der Waals surface area contributed by atoms with E-state index in [4.69, 9.17) is 16.3 Å². The third-order valence-electron chi connectivity index (χ3n) is 4.19. The Bertz CT molecular complexity index is 1030. The van der Waals surface area contributed by atoms with Gasteiger partial charge in [-0.15, -0.1) is 5.10 Å². The highest BCUT2D eigenvalue weighted by atomic mass is 35.5. The summed E-state index contributed by atoms with van der Waals surface area (Å²) in [6, 6.07) is 11.6. The van der Waals surface area contributed by atoms with Gasteiger partial charge >= 0.3 is 6.61 Å². The summed E-state index contributed by atoms with van der Waals surface area (Å²) in [5, 5.41) is 7.58. The van der Waals surface area contributed by atoms with Crippen LogP contribution in [0.1, 0.15) is 22.0 Å². The monoisotopic (exact) mass is 436 g/mol. The Labute approximate surface area is 176 Å². The van der Waals surface area contributed by atoms with E-state index in [9.17, 15) is 13.6 Å². The minimum Gasteiger partial charge on any atom is -0.493 e. The van der Waals surface area contributed by atoms with Gasteiger partial charge in [-0.2, -0.15) is 8.78 Å². The minimum atomic E-state index is -2.94. The molecule has 1 amide bonds. The molecule has 1 heterocycles. The highest BCUT2D eigenvalue weighted by Gasteiger charge is 2.15. The first-order valence-corrected chi connectivity index (χ1v) is 9.34. The number of aromatic nitrogens is 3. The van der Waals surface area contributed by atoms with Gasteiger partial charge in [-0.05, 0) is 55.3 Å². The molecule has 0 aliphatic rings. The molecule has 1 N–H and O–H groups in total. The Hall–Kier alpha value is -3.20. The number of benzene rings is 2. The maximum absolute atomic E-state index is 12.4. The van der Waals surface area contributed by atoms with Crippen LogP contribution in [0.15, 0.2) is 42.5 Å². The quantitative estimate of drug-likeness (QED) is 0.581. The lowest BCUT2D eigenvalue weighted by atomic mass is 10.1. The maximum atomic E-state index is 12.4. The number of halogens is 3. The number of carbonyl (C=O) groups excluding carboxylic acids is 1. The van der Waals surface area contributed by atoms with Crippen LogP contribution >= 0.6 is 11.6 Å². The van der Waals surface area contributed by atoms with Crippen LogP contribution in [0.2, 0.25) is 5.02 Å². The van der Waals surface area contributed by atoms with Crippen LogP contribution in [0.4, 0.5) is 8.78 Å². The first-order valence-electron chi connectivity index (χ1n) is 8.97. The predicted octanol–water partition coefficient (Wildman–Crippen LogP) is 3.81. The highest BCUT2D eigenvalue weighted by molar-refractivity contribution is 6.30. The van der Waals surface area contributed by atoms with E-state index >= 15 is 0 Å². The molecule has 2 aromatic carbocycles. The third-order valence-corrected chi connectivity index (χ3v) is 4.44. The molecule has 0 radical (unpaired) electrons. The van der Waals surface area contributed by atoms with Crippen LogP contribution in [-0.4, -0.2) is 40.9 Å². The lowest BCUT2D eigenvalue weighted by molar-refractivity contribution is -0.0512. The summed E-state index contributed by atoms with van der Waals surface area (Å²) in [7, 11) is 1.37. The molecule has 0 bridgehead atoms. The summed E-state index contributed by atoms with van der Waals surface area (Å²) < 4.78 is 35.8. The SMILES string of the molecule is COc1cc(CCNC(=O)c2nc(C)n(-c3ccc(Cl)cc3)n2)ccc1OC(F)F. The Morgan fingerprint density at radius 1 is 1.20 bits per heavy atom. The van der Waals surface area contributed by atoms with Crippen LogP contribution in [0.25, 0.3) is 5.69 Å². The van der Waals surface area contributed by atoms with Gasteiger partial charge in [0.15, 0.2) is 11.5 Å². The third kappa shape index (κ3) is 5.24. The Morgan fingerprint density at radius 3 is 2.60 bits per heavy atom. The molecule has 0 aliphatic heterocycles. The molecular formula is C20H19ClF2N4O3. The van der Waals surface area contributed by atoms with Crippen LogP contribution in [0.5, 0.6) is 11.5 Å². The number of carbonyl (C=O) groups is 1. The lowest BCUT2D eigenvalue weighted by Gasteiger charge is -2.11. The number of hydrogen-bond acceptors (Lipinski definition) is 5. The standard InChI is InChI=1S/C20H19ClF2N4O3/c1-12-25-18(26-27(12)15-6-4-14(21)5-7-15)19(28)24-10-9-13-3-8-16(30-20(22)23)17(11-13)29-2/h3-8,11,20H,9-10H2,1-2H3,(H,24,28). The normalized spacial score (nSPS) is 10.9.